The third-order valence-corrected chi connectivity index (χ3v) is 5.40. The highest BCUT2D eigenvalue weighted by Crippen LogP contribution is 2.15. The molecule has 1 saturated heterocycles. The van der Waals surface area contributed by atoms with Crippen molar-refractivity contribution < 1.29 is 22.8 Å². The number of hydrogen-bond donors (Lipinski definition) is 0. The Bertz CT molecular complexity index is 218. The second kappa shape index (κ2) is 7.96. The van der Waals surface area contributed by atoms with Gasteiger partial charge >= 0.3 is 8.80 Å². The molecule has 0 amide bonds. The number of epoxide rings is 1. The van der Waals surface area contributed by atoms with E-state index in [-0.39, 0.29) is 0 Å². The van der Waals surface area contributed by atoms with Crippen LogP contribution in [0.3, 0.4) is 0 Å². The van der Waals surface area contributed by atoms with Crippen LogP contribution in [0.15, 0.2) is 12.2 Å². The van der Waals surface area contributed by atoms with Gasteiger partial charge in [-0.05, 0) is 6.42 Å². The lowest BCUT2D eigenvalue weighted by Gasteiger charge is -2.23. The summed E-state index contributed by atoms with van der Waals surface area (Å²) >= 11 is 0. The molecule has 1 unspecified atom stereocenters. The van der Waals surface area contributed by atoms with Crippen molar-refractivity contribution in [3.8, 4) is 0 Å². The van der Waals surface area contributed by atoms with E-state index in [2.05, 4.69) is 6.08 Å². The Hall–Kier alpha value is -0.243. The quantitative estimate of drug-likeness (QED) is 0.256. The average molecular weight is 262 g/mol. The maximum atomic E-state index is 5.37. The second-order valence-electron chi connectivity index (χ2n) is 3.80. The van der Waals surface area contributed by atoms with E-state index < -0.39 is 8.80 Å². The van der Waals surface area contributed by atoms with Crippen LogP contribution in [0, 0.1) is 0 Å². The average Bonchev–Trinajstić information content (AvgIpc) is 3.18. The van der Waals surface area contributed by atoms with Crippen molar-refractivity contribution in [1.29, 1.82) is 0 Å². The molecular weight excluding hydrogens is 240 g/mol. The molecule has 5 nitrogen and oxygen atoms in total. The maximum Gasteiger partial charge on any atom is 0.500 e. The van der Waals surface area contributed by atoms with E-state index in [1.54, 1.807) is 21.3 Å². The van der Waals surface area contributed by atoms with Gasteiger partial charge in [0, 0.05) is 27.4 Å². The van der Waals surface area contributed by atoms with Crippen molar-refractivity contribution in [3.63, 3.8) is 0 Å². The largest absolute Gasteiger partial charge is 0.500 e. The number of ether oxygens (including phenoxy) is 2. The molecule has 0 saturated carbocycles. The first-order valence-corrected chi connectivity index (χ1v) is 7.69. The van der Waals surface area contributed by atoms with Crippen LogP contribution in [0.5, 0.6) is 0 Å². The van der Waals surface area contributed by atoms with Crippen molar-refractivity contribution in [1.82, 2.24) is 0 Å². The lowest BCUT2D eigenvalue weighted by molar-refractivity contribution is 0.124. The minimum absolute atomic E-state index is 0.332. The summed E-state index contributed by atoms with van der Waals surface area (Å²) < 4.78 is 26.4. The molecule has 0 bridgehead atoms. The molecule has 100 valence electrons. The van der Waals surface area contributed by atoms with E-state index in [0.29, 0.717) is 19.3 Å². The van der Waals surface area contributed by atoms with Gasteiger partial charge in [0.05, 0.1) is 19.8 Å². The van der Waals surface area contributed by atoms with Gasteiger partial charge in [-0.25, -0.2) is 0 Å². The monoisotopic (exact) mass is 262 g/mol. The molecule has 0 aromatic heterocycles. The van der Waals surface area contributed by atoms with Crippen LogP contribution in [0.4, 0.5) is 0 Å². The second-order valence-corrected chi connectivity index (χ2v) is 6.89. The minimum Gasteiger partial charge on any atom is -0.377 e. The van der Waals surface area contributed by atoms with Gasteiger partial charge in [0.25, 0.3) is 0 Å². The van der Waals surface area contributed by atoms with Crippen LogP contribution in [0.1, 0.15) is 6.42 Å². The molecule has 1 atom stereocenters. The van der Waals surface area contributed by atoms with Crippen LogP contribution >= 0.6 is 0 Å². The van der Waals surface area contributed by atoms with Crippen LogP contribution < -0.4 is 0 Å². The Morgan fingerprint density at radius 3 is 2.35 bits per heavy atom. The summed E-state index contributed by atoms with van der Waals surface area (Å²) in [7, 11) is 2.47. The first kappa shape index (κ1) is 14.8. The topological polar surface area (TPSA) is 49.5 Å². The number of rotatable bonds is 10. The highest BCUT2D eigenvalue weighted by molar-refractivity contribution is 6.60. The van der Waals surface area contributed by atoms with Gasteiger partial charge in [0.15, 0.2) is 0 Å². The van der Waals surface area contributed by atoms with Crippen LogP contribution in [-0.4, -0.2) is 56.1 Å². The van der Waals surface area contributed by atoms with Gasteiger partial charge < -0.3 is 22.8 Å². The molecule has 1 aliphatic heterocycles. The summed E-state index contributed by atoms with van der Waals surface area (Å²) in [5, 5.41) is 0. The first-order chi connectivity index (χ1) is 8.26. The molecule has 1 aliphatic rings. The standard InChI is InChI=1S/C11H22O5Si/c1-12-17(13-2,14-3)8-6-4-5-7-15-9-11-10-16-11/h4-5,11H,6-10H2,1-3H3/b5-4+. The summed E-state index contributed by atoms with van der Waals surface area (Å²) in [4.78, 5) is 0. The third-order valence-electron chi connectivity index (χ3n) is 2.64. The molecule has 1 rings (SSSR count). The summed E-state index contributed by atoms with van der Waals surface area (Å²) in [6, 6.07) is 0.777. The van der Waals surface area contributed by atoms with Crippen molar-refractivity contribution in [2.75, 3.05) is 41.2 Å². The summed E-state index contributed by atoms with van der Waals surface area (Å²) in [6.07, 6.45) is 5.26. The molecule has 6 heteroatoms. The Morgan fingerprint density at radius 2 is 1.82 bits per heavy atom. The first-order valence-electron chi connectivity index (χ1n) is 5.76. The Labute approximate surface area is 104 Å². The predicted octanol–water partition coefficient (Wildman–Crippen LogP) is 1.23. The molecule has 1 fully saturated rings. The maximum absolute atomic E-state index is 5.37. The van der Waals surface area contributed by atoms with Crippen molar-refractivity contribution in [3.05, 3.63) is 12.2 Å². The Balaban J connectivity index is 2.05. The summed E-state index contributed by atoms with van der Waals surface area (Å²) in [5.41, 5.74) is 0. The highest BCUT2D eigenvalue weighted by atomic mass is 28.4. The molecule has 0 aromatic carbocycles. The van der Waals surface area contributed by atoms with E-state index >= 15 is 0 Å². The van der Waals surface area contributed by atoms with Crippen molar-refractivity contribution in [2.45, 2.75) is 18.6 Å². The smallest absolute Gasteiger partial charge is 0.377 e. The van der Waals surface area contributed by atoms with Crippen LogP contribution in [0.2, 0.25) is 6.04 Å². The summed E-state index contributed by atoms with van der Waals surface area (Å²) in [5.74, 6) is 0. The van der Waals surface area contributed by atoms with E-state index in [1.165, 1.54) is 0 Å². The van der Waals surface area contributed by atoms with Gasteiger partial charge in [-0.1, -0.05) is 12.2 Å². The lowest BCUT2D eigenvalue weighted by atomic mass is 10.4. The Morgan fingerprint density at radius 1 is 1.18 bits per heavy atom. The molecule has 0 N–H and O–H groups in total. The predicted molar refractivity (Wildman–Crippen MR) is 65.9 cm³/mol. The van der Waals surface area contributed by atoms with Gasteiger partial charge in [0.2, 0.25) is 0 Å². The zero-order chi connectivity index (χ0) is 12.6. The SMILES string of the molecule is CO[Si](CC/C=C/COCC1CO1)(OC)OC. The number of hydrogen-bond acceptors (Lipinski definition) is 5. The van der Waals surface area contributed by atoms with E-state index in [9.17, 15) is 0 Å². The lowest BCUT2D eigenvalue weighted by Crippen LogP contribution is -2.42. The molecule has 0 spiro atoms. The molecule has 17 heavy (non-hydrogen) atoms. The van der Waals surface area contributed by atoms with E-state index in [0.717, 1.165) is 19.1 Å². The minimum atomic E-state index is -2.41. The van der Waals surface area contributed by atoms with Gasteiger partial charge in [-0.15, -0.1) is 0 Å². The fourth-order valence-corrected chi connectivity index (χ4v) is 3.07. The highest BCUT2D eigenvalue weighted by Gasteiger charge is 2.36. The van der Waals surface area contributed by atoms with Crippen molar-refractivity contribution >= 4 is 8.80 Å². The zero-order valence-corrected chi connectivity index (χ0v) is 11.8. The van der Waals surface area contributed by atoms with Crippen LogP contribution in [0.25, 0.3) is 0 Å². The van der Waals surface area contributed by atoms with Crippen LogP contribution in [-0.2, 0) is 22.8 Å². The third kappa shape index (κ3) is 5.76. The molecule has 0 aliphatic carbocycles. The molecule has 1 heterocycles. The van der Waals surface area contributed by atoms with Gasteiger partial charge in [-0.2, -0.15) is 0 Å². The molecule has 0 aromatic rings. The summed E-state index contributed by atoms with van der Waals surface area (Å²) in [6.45, 7) is 2.16. The fraction of sp³-hybridized carbons (Fsp3) is 0.818. The van der Waals surface area contributed by atoms with Crippen molar-refractivity contribution in [2.24, 2.45) is 0 Å². The van der Waals surface area contributed by atoms with Gasteiger partial charge in [0.1, 0.15) is 6.10 Å². The van der Waals surface area contributed by atoms with E-state index in [1.807, 2.05) is 6.08 Å². The zero-order valence-electron chi connectivity index (χ0n) is 10.8. The normalized spacial score (nSPS) is 20.1. The molecular formula is C11H22O5Si. The van der Waals surface area contributed by atoms with Gasteiger partial charge in [-0.3, -0.25) is 0 Å². The fourth-order valence-electron chi connectivity index (χ4n) is 1.43. The Kier molecular flexibility index (Phi) is 6.94. The number of allylic oxidation sites excluding steroid dienone is 1. The van der Waals surface area contributed by atoms with E-state index in [4.69, 9.17) is 22.8 Å². The molecule has 0 radical (unpaired) electrons.